The number of nitrogens with one attached hydrogen (secondary N) is 1. The molecule has 0 bridgehead atoms. The summed E-state index contributed by atoms with van der Waals surface area (Å²) in [5.41, 5.74) is 0.298. The van der Waals surface area contributed by atoms with Crippen molar-refractivity contribution in [2.75, 3.05) is 12.4 Å². The molecule has 0 aliphatic carbocycles. The van der Waals surface area contributed by atoms with E-state index in [2.05, 4.69) is 10.1 Å². The van der Waals surface area contributed by atoms with E-state index in [1.165, 1.54) is 18.6 Å². The Labute approximate surface area is 137 Å². The minimum atomic E-state index is -0.536. The Morgan fingerprint density at radius 2 is 1.88 bits per heavy atom. The largest absolute Gasteiger partial charge is 0.468 e. The van der Waals surface area contributed by atoms with E-state index in [0.29, 0.717) is 5.52 Å². The minimum absolute atomic E-state index is 0.134. The lowest BCUT2D eigenvalue weighted by molar-refractivity contribution is -0.141. The van der Waals surface area contributed by atoms with Gasteiger partial charge in [-0.25, -0.2) is 0 Å². The van der Waals surface area contributed by atoms with Gasteiger partial charge in [-0.3, -0.25) is 19.0 Å². The molecule has 1 N–H and O–H groups in total. The molecule has 6 heteroatoms. The number of carbonyl (C=O) groups excluding carboxylic acids is 2. The minimum Gasteiger partial charge on any atom is -0.468 e. The predicted molar refractivity (Wildman–Crippen MR) is 92.0 cm³/mol. The standard InChI is InChI=1S/C18H16N2O4/c1-11(21)19-15-9-14-13-6-4-3-5-12(13)7-8-16(14)20(18(15)23)10-17(22)24-2/h3-9H,10H2,1-2H3,(H,19,21). The number of methoxy groups -OCH3 is 1. The van der Waals surface area contributed by atoms with Gasteiger partial charge in [-0.05, 0) is 22.9 Å². The number of carbonyl (C=O) groups is 2. The van der Waals surface area contributed by atoms with E-state index < -0.39 is 11.5 Å². The van der Waals surface area contributed by atoms with Crippen LogP contribution in [0.15, 0.2) is 47.3 Å². The Balaban J connectivity index is 2.38. The number of aromatic nitrogens is 1. The first-order chi connectivity index (χ1) is 11.5. The van der Waals surface area contributed by atoms with Crippen LogP contribution < -0.4 is 10.9 Å². The molecular formula is C18H16N2O4. The van der Waals surface area contributed by atoms with E-state index >= 15 is 0 Å². The zero-order valence-electron chi connectivity index (χ0n) is 13.3. The Bertz CT molecular complexity index is 1020. The lowest BCUT2D eigenvalue weighted by Gasteiger charge is -2.14. The van der Waals surface area contributed by atoms with E-state index in [9.17, 15) is 14.4 Å². The van der Waals surface area contributed by atoms with Crippen molar-refractivity contribution in [1.29, 1.82) is 0 Å². The number of hydrogen-bond donors (Lipinski definition) is 1. The molecule has 1 amide bonds. The van der Waals surface area contributed by atoms with E-state index in [1.54, 1.807) is 12.1 Å². The Morgan fingerprint density at radius 3 is 2.58 bits per heavy atom. The second-order valence-corrected chi connectivity index (χ2v) is 5.43. The van der Waals surface area contributed by atoms with Crippen LogP contribution in [0.2, 0.25) is 0 Å². The summed E-state index contributed by atoms with van der Waals surface area (Å²) in [7, 11) is 1.27. The van der Waals surface area contributed by atoms with Gasteiger partial charge < -0.3 is 10.1 Å². The third-order valence-electron chi connectivity index (χ3n) is 3.83. The van der Waals surface area contributed by atoms with Gasteiger partial charge in [0, 0.05) is 12.3 Å². The van der Waals surface area contributed by atoms with Crippen LogP contribution in [0.25, 0.3) is 21.7 Å². The summed E-state index contributed by atoms with van der Waals surface area (Å²) in [6, 6.07) is 13.0. The molecule has 3 rings (SSSR count). The molecule has 122 valence electrons. The molecule has 0 aliphatic rings. The molecule has 6 nitrogen and oxygen atoms in total. The maximum Gasteiger partial charge on any atom is 0.325 e. The van der Waals surface area contributed by atoms with Crippen molar-refractivity contribution in [2.45, 2.75) is 13.5 Å². The Kier molecular flexibility index (Phi) is 4.04. The highest BCUT2D eigenvalue weighted by Crippen LogP contribution is 2.26. The van der Waals surface area contributed by atoms with Crippen LogP contribution in [0.3, 0.4) is 0 Å². The second-order valence-electron chi connectivity index (χ2n) is 5.43. The number of ether oxygens (including phenoxy) is 1. The van der Waals surface area contributed by atoms with Gasteiger partial charge in [0.1, 0.15) is 12.2 Å². The van der Waals surface area contributed by atoms with Crippen LogP contribution in [0, 0.1) is 0 Å². The predicted octanol–water partition coefficient (Wildman–Crippen LogP) is 2.29. The van der Waals surface area contributed by atoms with Gasteiger partial charge in [-0.1, -0.05) is 30.3 Å². The average Bonchev–Trinajstić information content (AvgIpc) is 2.57. The van der Waals surface area contributed by atoms with E-state index in [-0.39, 0.29) is 18.1 Å². The number of pyridine rings is 1. The van der Waals surface area contributed by atoms with Gasteiger partial charge in [-0.2, -0.15) is 0 Å². The number of nitrogens with zero attached hydrogens (tertiary/aromatic N) is 1. The maximum atomic E-state index is 12.6. The van der Waals surface area contributed by atoms with E-state index in [4.69, 9.17) is 0 Å². The first kappa shape index (κ1) is 15.7. The number of benzene rings is 2. The van der Waals surface area contributed by atoms with E-state index in [1.807, 2.05) is 30.3 Å². The van der Waals surface area contributed by atoms with Crippen LogP contribution in [0.1, 0.15) is 6.92 Å². The highest BCUT2D eigenvalue weighted by Gasteiger charge is 2.15. The van der Waals surface area contributed by atoms with Crippen LogP contribution >= 0.6 is 0 Å². The molecule has 0 spiro atoms. The normalized spacial score (nSPS) is 10.8. The second kappa shape index (κ2) is 6.16. The third-order valence-corrected chi connectivity index (χ3v) is 3.83. The molecule has 3 aromatic rings. The monoisotopic (exact) mass is 324 g/mol. The summed E-state index contributed by atoms with van der Waals surface area (Å²) in [6.45, 7) is 1.11. The highest BCUT2D eigenvalue weighted by molar-refractivity contribution is 6.08. The molecule has 1 heterocycles. The topological polar surface area (TPSA) is 77.4 Å². The zero-order chi connectivity index (χ0) is 17.3. The highest BCUT2D eigenvalue weighted by atomic mass is 16.5. The number of anilines is 1. The molecule has 2 aromatic carbocycles. The van der Waals surface area contributed by atoms with Crippen molar-refractivity contribution in [3.8, 4) is 0 Å². The molecule has 0 saturated carbocycles. The molecule has 0 radical (unpaired) electrons. The SMILES string of the molecule is COC(=O)Cn1c(=O)c(NC(C)=O)cc2c3ccccc3ccc21. The summed E-state index contributed by atoms with van der Waals surface area (Å²) in [5.74, 6) is -0.886. The molecule has 1 aromatic heterocycles. The van der Waals surface area contributed by atoms with Crippen molar-refractivity contribution in [1.82, 2.24) is 4.57 Å². The fourth-order valence-corrected chi connectivity index (χ4v) is 2.76. The molecule has 0 aliphatic heterocycles. The Hall–Kier alpha value is -3.15. The average molecular weight is 324 g/mol. The van der Waals surface area contributed by atoms with Gasteiger partial charge in [0.2, 0.25) is 5.91 Å². The van der Waals surface area contributed by atoms with Gasteiger partial charge in [0.15, 0.2) is 0 Å². The fourth-order valence-electron chi connectivity index (χ4n) is 2.76. The summed E-state index contributed by atoms with van der Waals surface area (Å²) >= 11 is 0. The van der Waals surface area contributed by atoms with Gasteiger partial charge in [-0.15, -0.1) is 0 Å². The van der Waals surface area contributed by atoms with Crippen LogP contribution in [-0.2, 0) is 20.9 Å². The third kappa shape index (κ3) is 2.74. The van der Waals surface area contributed by atoms with Gasteiger partial charge >= 0.3 is 5.97 Å². The molecule has 0 fully saturated rings. The van der Waals surface area contributed by atoms with E-state index in [0.717, 1.165) is 16.2 Å². The molecule has 0 unspecified atom stereocenters. The maximum absolute atomic E-state index is 12.6. The summed E-state index contributed by atoms with van der Waals surface area (Å²) in [4.78, 5) is 35.8. The summed E-state index contributed by atoms with van der Waals surface area (Å²) < 4.78 is 6.00. The van der Waals surface area contributed by atoms with Crippen molar-refractivity contribution in [2.24, 2.45) is 0 Å². The van der Waals surface area contributed by atoms with Crippen LogP contribution in [-0.4, -0.2) is 23.6 Å². The molecular weight excluding hydrogens is 308 g/mol. The lowest BCUT2D eigenvalue weighted by Crippen LogP contribution is -2.28. The van der Waals surface area contributed by atoms with Crippen molar-refractivity contribution >= 4 is 39.2 Å². The molecule has 0 atom stereocenters. The molecule has 0 saturated heterocycles. The number of rotatable bonds is 3. The number of amides is 1. The van der Waals surface area contributed by atoms with Gasteiger partial charge in [0.25, 0.3) is 5.56 Å². The van der Waals surface area contributed by atoms with Crippen molar-refractivity contribution in [3.05, 3.63) is 52.8 Å². The molecule has 24 heavy (non-hydrogen) atoms. The zero-order valence-corrected chi connectivity index (χ0v) is 13.3. The lowest BCUT2D eigenvalue weighted by atomic mass is 10.0. The fraction of sp³-hybridized carbons (Fsp3) is 0.167. The summed E-state index contributed by atoms with van der Waals surface area (Å²) in [5, 5.41) is 5.25. The Morgan fingerprint density at radius 1 is 1.12 bits per heavy atom. The first-order valence-corrected chi connectivity index (χ1v) is 7.41. The quantitative estimate of drug-likeness (QED) is 0.592. The number of esters is 1. The van der Waals surface area contributed by atoms with Crippen LogP contribution in [0.5, 0.6) is 0 Å². The smallest absolute Gasteiger partial charge is 0.325 e. The number of fused-ring (bicyclic) bond motifs is 3. The van der Waals surface area contributed by atoms with Crippen molar-refractivity contribution in [3.63, 3.8) is 0 Å². The van der Waals surface area contributed by atoms with Crippen molar-refractivity contribution < 1.29 is 14.3 Å². The first-order valence-electron chi connectivity index (χ1n) is 7.41. The van der Waals surface area contributed by atoms with Crippen LogP contribution in [0.4, 0.5) is 5.69 Å². The summed E-state index contributed by atoms with van der Waals surface area (Å²) in [6.07, 6.45) is 0. The van der Waals surface area contributed by atoms with Gasteiger partial charge in [0.05, 0.1) is 12.6 Å². The number of hydrogen-bond acceptors (Lipinski definition) is 4.